The number of carbonyl (C=O) groups is 2. The van der Waals surface area contributed by atoms with Crippen LogP contribution in [0.2, 0.25) is 0 Å². The van der Waals surface area contributed by atoms with Crippen molar-refractivity contribution in [2.24, 2.45) is 5.92 Å². The number of aromatic carboxylic acids is 1. The normalized spacial score (nSPS) is 15.4. The third kappa shape index (κ3) is 5.75. The molecule has 2 heterocycles. The van der Waals surface area contributed by atoms with Gasteiger partial charge in [-0.1, -0.05) is 13.8 Å². The molecule has 2 amide bonds. The molecule has 1 aromatic heterocycles. The van der Waals surface area contributed by atoms with E-state index in [2.05, 4.69) is 10.3 Å². The number of nitrogens with zero attached hydrogens (tertiary/aromatic N) is 2. The van der Waals surface area contributed by atoms with Crippen LogP contribution in [0, 0.1) is 5.92 Å². The van der Waals surface area contributed by atoms with Gasteiger partial charge in [-0.25, -0.2) is 14.6 Å². The summed E-state index contributed by atoms with van der Waals surface area (Å²) in [7, 11) is 0. The molecular weight excluding hydrogens is 431 g/mol. The molecule has 0 spiro atoms. The fourth-order valence-electron chi connectivity index (χ4n) is 3.51. The molecule has 0 aliphatic carbocycles. The van der Waals surface area contributed by atoms with Crippen molar-refractivity contribution in [2.45, 2.75) is 45.2 Å². The number of anilines is 1. The number of thiazole rings is 1. The lowest BCUT2D eigenvalue weighted by Crippen LogP contribution is -2.40. The fraction of sp³-hybridized carbons (Fsp3) is 0.476. The van der Waals surface area contributed by atoms with Gasteiger partial charge in [0.2, 0.25) is 0 Å². The van der Waals surface area contributed by atoms with Crippen LogP contribution in [0.3, 0.4) is 0 Å². The highest BCUT2D eigenvalue weighted by Crippen LogP contribution is 2.34. The molecule has 0 bridgehead atoms. The largest absolute Gasteiger partial charge is 0.477 e. The van der Waals surface area contributed by atoms with Crippen LogP contribution in [0.4, 0.5) is 23.7 Å². The topological polar surface area (TPSA) is 82.5 Å². The van der Waals surface area contributed by atoms with Crippen molar-refractivity contribution >= 4 is 29.0 Å². The molecular formula is C21H24F3N3O3S. The number of likely N-dealkylation sites (tertiary alicyclic amines) is 1. The average molecular weight is 456 g/mol. The first-order valence-corrected chi connectivity index (χ1v) is 10.8. The highest BCUT2D eigenvalue weighted by atomic mass is 32.1. The van der Waals surface area contributed by atoms with Crippen LogP contribution in [0.15, 0.2) is 24.3 Å². The molecule has 31 heavy (non-hydrogen) atoms. The smallest absolute Gasteiger partial charge is 0.416 e. The SMILES string of the molecule is CC(C)Cc1nc(C2CCN(C(=O)Nc3ccc(C(F)(F)F)cc3)CC2)sc1C(=O)O. The van der Waals surface area contributed by atoms with Crippen molar-refractivity contribution < 1.29 is 27.9 Å². The standard InChI is InChI=1S/C21H24F3N3O3S/c1-12(2)11-16-17(19(28)29)31-18(26-16)13-7-9-27(10-8-13)20(30)25-15-5-3-14(4-6-15)21(22,23)24/h3-6,12-13H,7-11H2,1-2H3,(H,25,30)(H,28,29). The number of hydrogen-bond donors (Lipinski definition) is 2. The molecule has 2 aromatic rings. The van der Waals surface area contributed by atoms with Crippen LogP contribution < -0.4 is 5.32 Å². The van der Waals surface area contributed by atoms with Crippen LogP contribution in [-0.2, 0) is 12.6 Å². The zero-order valence-corrected chi connectivity index (χ0v) is 18.0. The van der Waals surface area contributed by atoms with Gasteiger partial charge in [0.1, 0.15) is 4.88 Å². The van der Waals surface area contributed by atoms with Crippen molar-refractivity contribution in [3.8, 4) is 0 Å². The Balaban J connectivity index is 1.59. The maximum atomic E-state index is 12.6. The van der Waals surface area contributed by atoms with Crippen molar-refractivity contribution in [3.63, 3.8) is 0 Å². The van der Waals surface area contributed by atoms with Gasteiger partial charge in [0, 0.05) is 24.7 Å². The number of halogens is 3. The Labute approximate surface area is 182 Å². The lowest BCUT2D eigenvalue weighted by molar-refractivity contribution is -0.137. The molecule has 0 radical (unpaired) electrons. The van der Waals surface area contributed by atoms with E-state index < -0.39 is 17.7 Å². The number of rotatable bonds is 5. The molecule has 1 fully saturated rings. The van der Waals surface area contributed by atoms with Gasteiger partial charge in [-0.2, -0.15) is 13.2 Å². The first-order valence-electron chi connectivity index (χ1n) is 10.0. The second-order valence-electron chi connectivity index (χ2n) is 8.00. The molecule has 6 nitrogen and oxygen atoms in total. The predicted molar refractivity (Wildman–Crippen MR) is 112 cm³/mol. The average Bonchev–Trinajstić information content (AvgIpc) is 3.11. The van der Waals surface area contributed by atoms with Crippen molar-refractivity contribution in [1.29, 1.82) is 0 Å². The van der Waals surface area contributed by atoms with E-state index in [1.807, 2.05) is 13.8 Å². The predicted octanol–water partition coefficient (Wildman–Crippen LogP) is 5.47. The summed E-state index contributed by atoms with van der Waals surface area (Å²) in [4.78, 5) is 30.5. The maximum Gasteiger partial charge on any atom is 0.416 e. The number of carboxylic acid groups (broad SMARTS) is 1. The summed E-state index contributed by atoms with van der Waals surface area (Å²) in [6.07, 6.45) is -2.52. The van der Waals surface area contributed by atoms with Crippen LogP contribution in [0.5, 0.6) is 0 Å². The minimum Gasteiger partial charge on any atom is -0.477 e. The molecule has 10 heteroatoms. The second-order valence-corrected chi connectivity index (χ2v) is 9.03. The number of carbonyl (C=O) groups excluding carboxylic acids is 1. The number of amides is 2. The van der Waals surface area contributed by atoms with Crippen LogP contribution in [0.25, 0.3) is 0 Å². The number of piperidine rings is 1. The fourth-order valence-corrected chi connectivity index (χ4v) is 4.61. The van der Waals surface area contributed by atoms with E-state index in [-0.39, 0.29) is 16.8 Å². The lowest BCUT2D eigenvalue weighted by atomic mass is 9.97. The second kappa shape index (κ2) is 9.25. The number of carboxylic acids is 1. The first-order chi connectivity index (χ1) is 14.5. The summed E-state index contributed by atoms with van der Waals surface area (Å²) in [5, 5.41) is 12.9. The molecule has 168 valence electrons. The summed E-state index contributed by atoms with van der Waals surface area (Å²) in [6, 6.07) is 3.95. The summed E-state index contributed by atoms with van der Waals surface area (Å²) in [5.74, 6) is -0.587. The lowest BCUT2D eigenvalue weighted by Gasteiger charge is -2.31. The molecule has 1 aliphatic rings. The molecule has 0 atom stereocenters. The van der Waals surface area contributed by atoms with E-state index in [0.717, 1.165) is 17.1 Å². The summed E-state index contributed by atoms with van der Waals surface area (Å²) < 4.78 is 37.9. The van der Waals surface area contributed by atoms with Gasteiger partial charge in [0.15, 0.2) is 0 Å². The minimum atomic E-state index is -4.42. The number of benzene rings is 1. The third-order valence-electron chi connectivity index (χ3n) is 5.10. The van der Waals surface area contributed by atoms with Crippen molar-refractivity contribution in [3.05, 3.63) is 45.4 Å². The Morgan fingerprint density at radius 1 is 1.23 bits per heavy atom. The molecule has 1 saturated heterocycles. The van der Waals surface area contributed by atoms with Crippen molar-refractivity contribution in [1.82, 2.24) is 9.88 Å². The van der Waals surface area contributed by atoms with E-state index in [4.69, 9.17) is 0 Å². The van der Waals surface area contributed by atoms with E-state index >= 15 is 0 Å². The van der Waals surface area contributed by atoms with Crippen LogP contribution >= 0.6 is 11.3 Å². The molecule has 1 aliphatic heterocycles. The van der Waals surface area contributed by atoms with Gasteiger partial charge >= 0.3 is 18.2 Å². The highest BCUT2D eigenvalue weighted by Gasteiger charge is 2.31. The monoisotopic (exact) mass is 455 g/mol. The zero-order valence-electron chi connectivity index (χ0n) is 17.2. The number of alkyl halides is 3. The zero-order chi connectivity index (χ0) is 22.8. The van der Waals surface area contributed by atoms with Crippen LogP contribution in [0.1, 0.15) is 58.5 Å². The van der Waals surface area contributed by atoms with Crippen LogP contribution in [-0.4, -0.2) is 40.1 Å². The Bertz CT molecular complexity index is 934. The van der Waals surface area contributed by atoms with Gasteiger partial charge < -0.3 is 15.3 Å². The molecule has 1 aromatic carbocycles. The highest BCUT2D eigenvalue weighted by molar-refractivity contribution is 7.13. The maximum absolute atomic E-state index is 12.6. The number of aromatic nitrogens is 1. The molecule has 3 rings (SSSR count). The van der Waals surface area contributed by atoms with E-state index in [1.54, 1.807) is 4.90 Å². The summed E-state index contributed by atoms with van der Waals surface area (Å²) in [6.45, 7) is 4.94. The van der Waals surface area contributed by atoms with E-state index in [0.29, 0.717) is 49.7 Å². The molecule has 2 N–H and O–H groups in total. The van der Waals surface area contributed by atoms with E-state index in [9.17, 15) is 27.9 Å². The summed E-state index contributed by atoms with van der Waals surface area (Å²) in [5.41, 5.74) is 0.141. The van der Waals surface area contributed by atoms with Gasteiger partial charge in [-0.15, -0.1) is 11.3 Å². The number of nitrogens with one attached hydrogen (secondary N) is 1. The van der Waals surface area contributed by atoms with Gasteiger partial charge in [-0.05, 0) is 49.4 Å². The number of urea groups is 1. The Hall–Kier alpha value is -2.62. The Morgan fingerprint density at radius 2 is 1.84 bits per heavy atom. The summed E-state index contributed by atoms with van der Waals surface area (Å²) >= 11 is 1.21. The minimum absolute atomic E-state index is 0.0825. The third-order valence-corrected chi connectivity index (χ3v) is 6.35. The van der Waals surface area contributed by atoms with Gasteiger partial charge in [0.05, 0.1) is 16.3 Å². The Morgan fingerprint density at radius 3 is 2.35 bits per heavy atom. The van der Waals surface area contributed by atoms with E-state index in [1.165, 1.54) is 23.5 Å². The quantitative estimate of drug-likeness (QED) is 0.626. The Kier molecular flexibility index (Phi) is 6.88. The molecule has 0 saturated carbocycles. The molecule has 0 unspecified atom stereocenters. The van der Waals surface area contributed by atoms with Gasteiger partial charge in [0.25, 0.3) is 0 Å². The number of hydrogen-bond acceptors (Lipinski definition) is 4. The van der Waals surface area contributed by atoms with Crippen molar-refractivity contribution in [2.75, 3.05) is 18.4 Å². The van der Waals surface area contributed by atoms with Gasteiger partial charge in [-0.3, -0.25) is 0 Å². The first kappa shape index (κ1) is 23.1.